The second-order valence-electron chi connectivity index (χ2n) is 10.1. The Kier molecular flexibility index (Phi) is 7.64. The van der Waals surface area contributed by atoms with Crippen LogP contribution in [0.1, 0.15) is 38.8 Å². The smallest absolute Gasteiger partial charge is 0.261 e. The third-order valence-corrected chi connectivity index (χ3v) is 12.3. The molecule has 0 amide bonds. The van der Waals surface area contributed by atoms with Crippen molar-refractivity contribution in [2.45, 2.75) is 38.3 Å². The predicted molar refractivity (Wildman–Crippen MR) is 149 cm³/mol. The molecule has 0 aliphatic carbocycles. The first-order chi connectivity index (χ1) is 17.1. The number of halogens is 1. The number of aromatic hydroxyl groups is 1. The number of nitrogens with zero attached hydrogens (tertiary/aromatic N) is 2. The molecule has 7 heteroatoms. The summed E-state index contributed by atoms with van der Waals surface area (Å²) >= 11 is 5.61. The molecule has 188 valence electrons. The Morgan fingerprint density at radius 2 is 1.44 bits per heavy atom. The predicted octanol–water partition coefficient (Wildman–Crippen LogP) is 5.96. The van der Waals surface area contributed by atoms with Crippen LogP contribution in [0, 0.1) is 10.6 Å². The topological polar surface area (TPSA) is 39.3 Å². The second-order valence-corrected chi connectivity index (χ2v) is 14.8. The van der Waals surface area contributed by atoms with E-state index in [1.807, 2.05) is 12.1 Å². The lowest BCUT2D eigenvalue weighted by atomic mass is 10.0. The lowest BCUT2D eigenvalue weighted by Crippen LogP contribution is -2.66. The maximum Gasteiger partial charge on any atom is 0.261 e. The fourth-order valence-corrected chi connectivity index (χ4v) is 9.92. The van der Waals surface area contributed by atoms with Crippen LogP contribution >= 0.6 is 12.2 Å². The molecule has 1 aromatic heterocycles. The third kappa shape index (κ3) is 4.96. The number of hydrogen-bond acceptors (Lipinski definition) is 3. The molecule has 1 unspecified atom stereocenters. The molecule has 4 aromatic rings. The van der Waals surface area contributed by atoms with E-state index in [-0.39, 0.29) is 22.8 Å². The molecule has 0 saturated carbocycles. The number of aromatic nitrogens is 2. The zero-order chi connectivity index (χ0) is 25.9. The molecular formula is C29H33FN2O2SSi. The number of hydrogen-bond donors (Lipinski definition) is 1. The van der Waals surface area contributed by atoms with Gasteiger partial charge >= 0.3 is 0 Å². The first-order valence-electron chi connectivity index (χ1n) is 12.1. The Morgan fingerprint density at radius 3 is 1.89 bits per heavy atom. The summed E-state index contributed by atoms with van der Waals surface area (Å²) in [6, 6.07) is 27.1. The van der Waals surface area contributed by atoms with E-state index in [1.54, 1.807) is 34.5 Å². The van der Waals surface area contributed by atoms with Crippen molar-refractivity contribution in [3.8, 4) is 5.88 Å². The minimum atomic E-state index is -2.71. The Bertz CT molecular complexity index is 1310. The third-order valence-electron chi connectivity index (χ3n) is 6.76. The normalized spacial score (nSPS) is 13.0. The highest BCUT2D eigenvalue weighted by atomic mass is 32.1. The summed E-state index contributed by atoms with van der Waals surface area (Å²) in [4.78, 5) is 0. The number of rotatable bonds is 8. The van der Waals surface area contributed by atoms with E-state index in [2.05, 4.69) is 69.3 Å². The number of benzene rings is 3. The summed E-state index contributed by atoms with van der Waals surface area (Å²) in [6.07, 6.45) is 2.16. The average Bonchev–Trinajstić information content (AvgIpc) is 3.11. The highest BCUT2D eigenvalue weighted by Crippen LogP contribution is 2.37. The van der Waals surface area contributed by atoms with Crippen LogP contribution in [0.5, 0.6) is 5.88 Å². The quantitative estimate of drug-likeness (QED) is 0.230. The van der Waals surface area contributed by atoms with Crippen LogP contribution in [0.25, 0.3) is 0 Å². The van der Waals surface area contributed by atoms with Crippen molar-refractivity contribution in [2.24, 2.45) is 7.05 Å². The van der Waals surface area contributed by atoms with Crippen molar-refractivity contribution in [3.63, 3.8) is 0 Å². The van der Waals surface area contributed by atoms with Gasteiger partial charge in [-0.15, -0.1) is 0 Å². The Labute approximate surface area is 218 Å². The molecule has 3 aromatic carbocycles. The van der Waals surface area contributed by atoms with Crippen molar-refractivity contribution in [1.29, 1.82) is 0 Å². The van der Waals surface area contributed by atoms with E-state index in [9.17, 15) is 9.50 Å². The minimum Gasteiger partial charge on any atom is -0.493 e. The van der Waals surface area contributed by atoms with E-state index in [0.717, 1.165) is 5.56 Å². The van der Waals surface area contributed by atoms with Crippen LogP contribution in [-0.4, -0.2) is 29.2 Å². The molecule has 0 radical (unpaired) electrons. The molecule has 1 heterocycles. The van der Waals surface area contributed by atoms with Gasteiger partial charge in [0.15, 0.2) is 4.77 Å². The van der Waals surface area contributed by atoms with Gasteiger partial charge in [0.25, 0.3) is 8.32 Å². The molecule has 0 saturated heterocycles. The van der Waals surface area contributed by atoms with Crippen molar-refractivity contribution >= 4 is 30.9 Å². The van der Waals surface area contributed by atoms with E-state index in [1.165, 1.54) is 22.5 Å². The molecule has 1 N–H and O–H groups in total. The van der Waals surface area contributed by atoms with Crippen LogP contribution in [0.2, 0.25) is 5.04 Å². The average molecular weight is 521 g/mol. The molecule has 36 heavy (non-hydrogen) atoms. The molecule has 0 fully saturated rings. The fraction of sp³-hybridized carbons (Fsp3) is 0.276. The van der Waals surface area contributed by atoms with E-state index < -0.39 is 8.32 Å². The maximum absolute atomic E-state index is 13.7. The molecule has 0 aliphatic heterocycles. The van der Waals surface area contributed by atoms with Gasteiger partial charge in [0.05, 0.1) is 12.2 Å². The Morgan fingerprint density at radius 1 is 0.917 bits per heavy atom. The molecule has 0 bridgehead atoms. The van der Waals surface area contributed by atoms with E-state index in [0.29, 0.717) is 17.8 Å². The molecule has 0 aliphatic rings. The minimum absolute atomic E-state index is 0.0715. The van der Waals surface area contributed by atoms with Crippen molar-refractivity contribution in [1.82, 2.24) is 9.13 Å². The Balaban J connectivity index is 1.75. The van der Waals surface area contributed by atoms with Gasteiger partial charge in [-0.25, -0.2) is 4.39 Å². The molecule has 1 atom stereocenters. The van der Waals surface area contributed by atoms with Gasteiger partial charge in [0.1, 0.15) is 5.82 Å². The highest BCUT2D eigenvalue weighted by molar-refractivity contribution is 7.71. The van der Waals surface area contributed by atoms with E-state index in [4.69, 9.17) is 16.6 Å². The summed E-state index contributed by atoms with van der Waals surface area (Å²) in [5, 5.41) is 13.0. The summed E-state index contributed by atoms with van der Waals surface area (Å²) in [6.45, 7) is 7.17. The number of imidazole rings is 1. The molecule has 0 spiro atoms. The summed E-state index contributed by atoms with van der Waals surface area (Å²) in [5.41, 5.74) is 0.861. The van der Waals surface area contributed by atoms with Gasteiger partial charge in [-0.3, -0.25) is 4.57 Å². The first-order valence-corrected chi connectivity index (χ1v) is 14.4. The van der Waals surface area contributed by atoms with Crippen molar-refractivity contribution in [2.75, 3.05) is 6.61 Å². The van der Waals surface area contributed by atoms with E-state index >= 15 is 0 Å². The van der Waals surface area contributed by atoms with Gasteiger partial charge in [-0.1, -0.05) is 93.6 Å². The summed E-state index contributed by atoms with van der Waals surface area (Å²) < 4.78 is 24.7. The first kappa shape index (κ1) is 26.1. The fourth-order valence-electron chi connectivity index (χ4n) is 5.07. The monoisotopic (exact) mass is 520 g/mol. The summed E-state index contributed by atoms with van der Waals surface area (Å²) in [7, 11) is -0.907. The van der Waals surface area contributed by atoms with Crippen molar-refractivity contribution in [3.05, 3.63) is 107 Å². The van der Waals surface area contributed by atoms with Crippen LogP contribution < -0.4 is 10.4 Å². The zero-order valence-electron chi connectivity index (χ0n) is 21.2. The van der Waals surface area contributed by atoms with Gasteiger partial charge in [0, 0.05) is 13.7 Å². The maximum atomic E-state index is 13.7. The van der Waals surface area contributed by atoms with Gasteiger partial charge in [-0.05, 0) is 51.7 Å². The van der Waals surface area contributed by atoms with Gasteiger partial charge in [0.2, 0.25) is 5.88 Å². The van der Waals surface area contributed by atoms with Crippen molar-refractivity contribution < 1.29 is 13.9 Å². The molecule has 4 nitrogen and oxygen atoms in total. The van der Waals surface area contributed by atoms with Gasteiger partial charge < -0.3 is 14.1 Å². The van der Waals surface area contributed by atoms with Crippen LogP contribution in [-0.2, 0) is 11.5 Å². The summed E-state index contributed by atoms with van der Waals surface area (Å²) in [5.74, 6) is -0.232. The second kappa shape index (κ2) is 10.5. The lowest BCUT2D eigenvalue weighted by Gasteiger charge is -2.43. The molecule has 4 rings (SSSR count). The molecular weight excluding hydrogens is 487 g/mol. The lowest BCUT2D eigenvalue weighted by molar-refractivity contribution is 0.267. The zero-order valence-corrected chi connectivity index (χ0v) is 23.0. The Hall–Kier alpha value is -3.00. The largest absolute Gasteiger partial charge is 0.493 e. The van der Waals surface area contributed by atoms with Gasteiger partial charge in [-0.2, -0.15) is 0 Å². The van der Waals surface area contributed by atoms with Crippen LogP contribution in [0.4, 0.5) is 4.39 Å². The van der Waals surface area contributed by atoms with Crippen LogP contribution in [0.3, 0.4) is 0 Å². The highest BCUT2D eigenvalue weighted by Gasteiger charge is 2.50. The SMILES string of the molecule is Cn1cc(O)n(C(CCO[Si](c2ccccc2)(c2ccccc2)C(C)(C)C)c2ccc(F)cc2)c1=S. The number of aryl methyl sites for hydroxylation is 1. The van der Waals surface area contributed by atoms with Crippen LogP contribution in [0.15, 0.2) is 91.1 Å². The standard InChI is InChI=1S/C29H33FN2O2SSi/c1-29(2,3)36(24-11-7-5-8-12-24,25-13-9-6-10-14-25)34-20-19-26(22-15-17-23(30)18-16-22)32-27(33)21-31(4)28(32)35/h5-18,21,26,33H,19-20H2,1-4H3.